The summed E-state index contributed by atoms with van der Waals surface area (Å²) in [5.41, 5.74) is 0.639. The van der Waals surface area contributed by atoms with Crippen LogP contribution in [0.4, 0.5) is 0 Å². The molecule has 0 radical (unpaired) electrons. The summed E-state index contributed by atoms with van der Waals surface area (Å²) in [6.07, 6.45) is 7.20. The minimum atomic E-state index is -0.384. The predicted molar refractivity (Wildman–Crippen MR) is 120 cm³/mol. The average molecular weight is 418 g/mol. The zero-order valence-corrected chi connectivity index (χ0v) is 17.5. The van der Waals surface area contributed by atoms with Gasteiger partial charge < -0.3 is 19.6 Å². The molecule has 0 saturated carbocycles. The van der Waals surface area contributed by atoms with E-state index < -0.39 is 0 Å². The van der Waals surface area contributed by atoms with E-state index in [0.717, 1.165) is 18.7 Å². The maximum Gasteiger partial charge on any atom is 0.272 e. The number of H-pyrrole nitrogens is 2. The second kappa shape index (κ2) is 9.57. The molecule has 3 heterocycles. The monoisotopic (exact) mass is 418 g/mol. The van der Waals surface area contributed by atoms with E-state index in [2.05, 4.69) is 26.9 Å². The van der Waals surface area contributed by atoms with Crippen molar-refractivity contribution in [3.63, 3.8) is 0 Å². The highest BCUT2D eigenvalue weighted by molar-refractivity contribution is 5.48. The van der Waals surface area contributed by atoms with Gasteiger partial charge in [-0.2, -0.15) is 0 Å². The third-order valence-electron chi connectivity index (χ3n) is 5.36. The number of nitrogens with one attached hydrogen (secondary N) is 2. The molecule has 1 aliphatic heterocycles. The van der Waals surface area contributed by atoms with Gasteiger partial charge in [-0.05, 0) is 56.3 Å². The molecular weight excluding hydrogens is 392 g/mol. The molecule has 1 fully saturated rings. The fraction of sp³-hybridized carbons (Fsp3) is 0.292. The van der Waals surface area contributed by atoms with Gasteiger partial charge in [-0.25, -0.2) is 0 Å². The number of nitrogens with zero attached hydrogens (tertiary/aromatic N) is 2. The highest BCUT2D eigenvalue weighted by Crippen LogP contribution is 2.17. The molecule has 1 aromatic carbocycles. The Morgan fingerprint density at radius 3 is 2.48 bits per heavy atom. The van der Waals surface area contributed by atoms with Crippen molar-refractivity contribution in [1.29, 1.82) is 0 Å². The topological polar surface area (TPSA) is 91.1 Å². The van der Waals surface area contributed by atoms with Gasteiger partial charge in [0.1, 0.15) is 16.4 Å². The largest absolute Gasteiger partial charge is 0.492 e. The van der Waals surface area contributed by atoms with Crippen LogP contribution in [0.25, 0.3) is 12.2 Å². The lowest BCUT2D eigenvalue weighted by Crippen LogP contribution is -2.46. The van der Waals surface area contributed by atoms with Gasteiger partial charge in [-0.15, -0.1) is 0 Å². The number of ether oxygens (including phenoxy) is 1. The first-order valence-corrected chi connectivity index (χ1v) is 10.5. The van der Waals surface area contributed by atoms with Gasteiger partial charge in [-0.1, -0.05) is 30.3 Å². The van der Waals surface area contributed by atoms with Crippen molar-refractivity contribution in [1.82, 2.24) is 19.9 Å². The van der Waals surface area contributed by atoms with Gasteiger partial charge in [0.15, 0.2) is 0 Å². The molecule has 160 valence electrons. The van der Waals surface area contributed by atoms with Gasteiger partial charge in [0, 0.05) is 12.5 Å². The molecule has 1 saturated heterocycles. The molecule has 0 aliphatic carbocycles. The molecule has 1 atom stereocenters. The van der Waals surface area contributed by atoms with Crippen LogP contribution >= 0.6 is 0 Å². The molecule has 31 heavy (non-hydrogen) atoms. The molecule has 1 unspecified atom stereocenters. The molecular formula is C24H26N4O3. The highest BCUT2D eigenvalue weighted by atomic mass is 16.5. The Labute approximate surface area is 179 Å². The Morgan fingerprint density at radius 2 is 1.81 bits per heavy atom. The van der Waals surface area contributed by atoms with Crippen LogP contribution in [0.5, 0.6) is 5.75 Å². The van der Waals surface area contributed by atoms with Crippen LogP contribution in [-0.2, 0) is 0 Å². The highest BCUT2D eigenvalue weighted by Gasteiger charge is 2.17. The zero-order valence-electron chi connectivity index (χ0n) is 17.5. The Morgan fingerprint density at radius 1 is 1.06 bits per heavy atom. The number of piperidine rings is 1. The summed E-state index contributed by atoms with van der Waals surface area (Å²) in [5.74, 6) is 1.22. The van der Waals surface area contributed by atoms with Crippen LogP contribution in [0.15, 0.2) is 58.3 Å². The lowest BCUT2D eigenvalue weighted by molar-refractivity contribution is 0.150. The van der Waals surface area contributed by atoms with Crippen LogP contribution in [-0.4, -0.2) is 46.6 Å². The molecule has 7 heteroatoms. The van der Waals surface area contributed by atoms with Gasteiger partial charge >= 0.3 is 0 Å². The van der Waals surface area contributed by atoms with Crippen LogP contribution in [0.2, 0.25) is 0 Å². The lowest BCUT2D eigenvalue weighted by Gasteiger charge is -2.29. The first-order chi connectivity index (χ1) is 15.1. The van der Waals surface area contributed by atoms with Crippen LogP contribution in [0.1, 0.15) is 24.1 Å². The quantitative estimate of drug-likeness (QED) is 0.641. The van der Waals surface area contributed by atoms with E-state index in [-0.39, 0.29) is 21.8 Å². The number of aromatic amines is 2. The first kappa shape index (κ1) is 20.8. The normalized spacial score (nSPS) is 18.3. The summed E-state index contributed by atoms with van der Waals surface area (Å²) in [7, 11) is 2.14. The predicted octanol–water partition coefficient (Wildman–Crippen LogP) is 0.836. The third kappa shape index (κ3) is 5.58. The van der Waals surface area contributed by atoms with E-state index in [9.17, 15) is 9.59 Å². The minimum absolute atomic E-state index is 0.154. The molecule has 2 aromatic heterocycles. The second-order valence-electron chi connectivity index (χ2n) is 7.94. The average Bonchev–Trinajstić information content (AvgIpc) is 2.77. The fourth-order valence-corrected chi connectivity index (χ4v) is 3.75. The summed E-state index contributed by atoms with van der Waals surface area (Å²) in [6, 6.07) is 12.9. The molecule has 7 nitrogen and oxygen atoms in total. The summed E-state index contributed by atoms with van der Waals surface area (Å²) < 4.78 is 5.88. The number of pyridine rings is 1. The fourth-order valence-electron chi connectivity index (χ4n) is 3.75. The third-order valence-corrected chi connectivity index (χ3v) is 5.36. The Balaban J connectivity index is 1.49. The first-order valence-electron chi connectivity index (χ1n) is 10.5. The molecule has 4 rings (SSSR count). The maximum atomic E-state index is 12.4. The van der Waals surface area contributed by atoms with E-state index in [1.807, 2.05) is 36.4 Å². The summed E-state index contributed by atoms with van der Waals surface area (Å²) >= 11 is 0. The van der Waals surface area contributed by atoms with Crippen molar-refractivity contribution in [2.75, 3.05) is 26.7 Å². The van der Waals surface area contributed by atoms with Crippen LogP contribution in [0.3, 0.4) is 0 Å². The maximum absolute atomic E-state index is 12.4. The van der Waals surface area contributed by atoms with Crippen LogP contribution < -0.4 is 26.6 Å². The Bertz CT molecular complexity index is 1250. The zero-order chi connectivity index (χ0) is 21.6. The molecule has 0 spiro atoms. The van der Waals surface area contributed by atoms with E-state index in [4.69, 9.17) is 4.74 Å². The van der Waals surface area contributed by atoms with Crippen molar-refractivity contribution in [2.24, 2.45) is 5.92 Å². The van der Waals surface area contributed by atoms with Gasteiger partial charge in [0.2, 0.25) is 0 Å². The van der Waals surface area contributed by atoms with Gasteiger partial charge in [0.05, 0.1) is 18.5 Å². The van der Waals surface area contributed by atoms with Crippen molar-refractivity contribution in [2.45, 2.75) is 12.8 Å². The van der Waals surface area contributed by atoms with Crippen molar-refractivity contribution >= 4 is 12.2 Å². The van der Waals surface area contributed by atoms with Crippen molar-refractivity contribution in [3.8, 4) is 5.75 Å². The number of aromatic nitrogens is 3. The van der Waals surface area contributed by atoms with Gasteiger partial charge in [-0.3, -0.25) is 14.6 Å². The van der Waals surface area contributed by atoms with E-state index in [1.54, 1.807) is 24.4 Å². The molecule has 3 aromatic rings. The number of likely N-dealkylation sites (tertiary alicyclic amines) is 1. The van der Waals surface area contributed by atoms with E-state index in [0.29, 0.717) is 24.0 Å². The molecule has 0 bridgehead atoms. The Hall–Kier alpha value is -3.45. The summed E-state index contributed by atoms with van der Waals surface area (Å²) in [6.45, 7) is 2.86. The summed E-state index contributed by atoms with van der Waals surface area (Å²) in [5, 5.41) is 0.361. The van der Waals surface area contributed by atoms with E-state index >= 15 is 0 Å². The Kier molecular flexibility index (Phi) is 6.43. The number of benzene rings is 1. The second-order valence-corrected chi connectivity index (χ2v) is 7.94. The number of hydrogen-bond acceptors (Lipinski definition) is 5. The minimum Gasteiger partial charge on any atom is -0.492 e. The molecule has 1 aliphatic rings. The van der Waals surface area contributed by atoms with Gasteiger partial charge in [0.25, 0.3) is 11.1 Å². The van der Waals surface area contributed by atoms with Crippen LogP contribution in [0, 0.1) is 5.92 Å². The SMILES string of the molecule is CN1CCCC(COc2ccc(/C=c3\[nH]c(=O)/c(=C/c4ccccc4)[nH]c3=O)nc2)C1. The van der Waals surface area contributed by atoms with Crippen molar-refractivity contribution < 1.29 is 4.74 Å². The smallest absolute Gasteiger partial charge is 0.272 e. The lowest BCUT2D eigenvalue weighted by atomic mass is 10.00. The molecule has 0 amide bonds. The number of rotatable bonds is 5. The summed E-state index contributed by atoms with van der Waals surface area (Å²) in [4.78, 5) is 36.8. The van der Waals surface area contributed by atoms with E-state index in [1.165, 1.54) is 12.8 Å². The number of hydrogen-bond donors (Lipinski definition) is 2. The standard InChI is InChI=1S/C24H26N4O3/c1-28-11-5-8-18(15-28)16-31-20-10-9-19(25-14-20)13-22-24(30)26-21(23(29)27-22)12-17-6-3-2-4-7-17/h2-4,6-7,9-10,12-14,18H,5,8,11,15-16H2,1H3,(H,26,30)(H,27,29)/b21-12-,22-13-. The molecule has 2 N–H and O–H groups in total. The van der Waals surface area contributed by atoms with Crippen molar-refractivity contribution in [3.05, 3.63) is 91.3 Å².